The van der Waals surface area contributed by atoms with Gasteiger partial charge in [0.1, 0.15) is 5.82 Å². The molecule has 0 saturated carbocycles. The number of halogens is 1. The zero-order valence-corrected chi connectivity index (χ0v) is 18.4. The average Bonchev–Trinajstić information content (AvgIpc) is 3.19. The van der Waals surface area contributed by atoms with Crippen LogP contribution in [0.15, 0.2) is 30.5 Å². The molecule has 6 nitrogen and oxygen atoms in total. The highest BCUT2D eigenvalue weighted by atomic mass is 19.1. The van der Waals surface area contributed by atoms with Gasteiger partial charge in [-0.05, 0) is 62.3 Å². The summed E-state index contributed by atoms with van der Waals surface area (Å²) in [4.78, 5) is 29.6. The van der Waals surface area contributed by atoms with E-state index in [0.717, 1.165) is 36.2 Å². The number of hydrogen-bond donors (Lipinski definition) is 1. The van der Waals surface area contributed by atoms with Crippen LogP contribution in [0.2, 0.25) is 0 Å². The predicted octanol–water partition coefficient (Wildman–Crippen LogP) is 3.43. The van der Waals surface area contributed by atoms with E-state index in [1.807, 2.05) is 29.0 Å². The molecule has 1 atom stereocenters. The van der Waals surface area contributed by atoms with Gasteiger partial charge in [-0.3, -0.25) is 14.7 Å². The molecular formula is C24H31FN4O2. The summed E-state index contributed by atoms with van der Waals surface area (Å²) in [6.45, 7) is 6.15. The van der Waals surface area contributed by atoms with Crippen LogP contribution in [-0.4, -0.2) is 58.0 Å². The summed E-state index contributed by atoms with van der Waals surface area (Å²) in [5.41, 5.74) is 2.47. The first-order valence-corrected chi connectivity index (χ1v) is 11.2. The van der Waals surface area contributed by atoms with E-state index in [0.29, 0.717) is 38.9 Å². The first-order valence-electron chi connectivity index (χ1n) is 11.2. The van der Waals surface area contributed by atoms with Gasteiger partial charge >= 0.3 is 0 Å². The number of carbonyl (C=O) groups is 2. The van der Waals surface area contributed by atoms with E-state index in [4.69, 9.17) is 0 Å². The molecule has 1 N–H and O–H groups in total. The summed E-state index contributed by atoms with van der Waals surface area (Å²) >= 11 is 0. The van der Waals surface area contributed by atoms with Gasteiger partial charge < -0.3 is 9.80 Å². The maximum Gasteiger partial charge on any atom is 0.229 e. The van der Waals surface area contributed by atoms with Gasteiger partial charge in [0.05, 0.1) is 11.6 Å². The van der Waals surface area contributed by atoms with Crippen molar-refractivity contribution < 1.29 is 14.0 Å². The van der Waals surface area contributed by atoms with Gasteiger partial charge in [0.25, 0.3) is 0 Å². The van der Waals surface area contributed by atoms with E-state index in [1.165, 1.54) is 12.1 Å². The van der Waals surface area contributed by atoms with Crippen molar-refractivity contribution in [1.82, 2.24) is 20.0 Å². The quantitative estimate of drug-likeness (QED) is 0.814. The number of aromatic nitrogens is 2. The molecule has 2 aromatic rings. The average molecular weight is 427 g/mol. The summed E-state index contributed by atoms with van der Waals surface area (Å²) in [7, 11) is 0. The van der Waals surface area contributed by atoms with Crippen LogP contribution >= 0.6 is 0 Å². The second-order valence-electron chi connectivity index (χ2n) is 9.15. The molecule has 2 aliphatic rings. The fraction of sp³-hybridized carbons (Fsp3) is 0.542. The fourth-order valence-electron chi connectivity index (χ4n) is 5.26. The van der Waals surface area contributed by atoms with Crippen molar-refractivity contribution >= 4 is 11.8 Å². The zero-order chi connectivity index (χ0) is 22.0. The van der Waals surface area contributed by atoms with Crippen molar-refractivity contribution in [2.24, 2.45) is 5.41 Å². The number of nitrogens with zero attached hydrogens (tertiary/aromatic N) is 3. The Morgan fingerprint density at radius 1 is 1.23 bits per heavy atom. The third kappa shape index (κ3) is 4.50. The largest absolute Gasteiger partial charge is 0.343 e. The Kier molecular flexibility index (Phi) is 6.12. The number of nitrogens with one attached hydrogen (secondary N) is 1. The van der Waals surface area contributed by atoms with Crippen molar-refractivity contribution in [2.75, 3.05) is 26.2 Å². The number of hydrogen-bond acceptors (Lipinski definition) is 3. The van der Waals surface area contributed by atoms with Gasteiger partial charge in [0.15, 0.2) is 0 Å². The number of aryl methyl sites for hydroxylation is 1. The SMILES string of the molecule is CC(=O)N1CCC(Cc2cccc(F)c2)(C(=O)N2CCC[C@H](c3[nH]ncc3C)C2)CC1. The Balaban J connectivity index is 1.57. The molecule has 2 aliphatic heterocycles. The first kappa shape index (κ1) is 21.5. The molecule has 2 saturated heterocycles. The van der Waals surface area contributed by atoms with Crippen molar-refractivity contribution in [3.63, 3.8) is 0 Å². The van der Waals surface area contributed by atoms with Gasteiger partial charge in [0, 0.05) is 44.7 Å². The molecule has 0 unspecified atom stereocenters. The highest BCUT2D eigenvalue weighted by Gasteiger charge is 2.45. The Morgan fingerprint density at radius 2 is 2.00 bits per heavy atom. The highest BCUT2D eigenvalue weighted by molar-refractivity contribution is 5.84. The Bertz CT molecular complexity index is 949. The summed E-state index contributed by atoms with van der Waals surface area (Å²) in [6.07, 6.45) is 5.52. The second kappa shape index (κ2) is 8.81. The van der Waals surface area contributed by atoms with Crippen LogP contribution in [0.25, 0.3) is 0 Å². The predicted molar refractivity (Wildman–Crippen MR) is 116 cm³/mol. The molecule has 2 fully saturated rings. The van der Waals surface area contributed by atoms with Gasteiger partial charge in [-0.25, -0.2) is 4.39 Å². The normalized spacial score (nSPS) is 21.2. The first-order chi connectivity index (χ1) is 14.9. The molecule has 0 bridgehead atoms. The van der Waals surface area contributed by atoms with Gasteiger partial charge in [-0.15, -0.1) is 0 Å². The molecule has 7 heteroatoms. The molecular weight excluding hydrogens is 395 g/mol. The monoisotopic (exact) mass is 426 g/mol. The fourth-order valence-corrected chi connectivity index (χ4v) is 5.26. The third-order valence-corrected chi connectivity index (χ3v) is 7.04. The molecule has 0 spiro atoms. The van der Waals surface area contributed by atoms with Crippen molar-refractivity contribution in [3.05, 3.63) is 53.1 Å². The zero-order valence-electron chi connectivity index (χ0n) is 18.4. The van der Waals surface area contributed by atoms with Crippen LogP contribution in [0.3, 0.4) is 0 Å². The number of rotatable bonds is 4. The summed E-state index contributed by atoms with van der Waals surface area (Å²) in [6, 6.07) is 6.55. The molecule has 31 heavy (non-hydrogen) atoms. The molecule has 2 amide bonds. The molecule has 1 aromatic carbocycles. The molecule has 0 aliphatic carbocycles. The molecule has 166 valence electrons. The number of amides is 2. The van der Waals surface area contributed by atoms with Crippen LogP contribution in [0.5, 0.6) is 0 Å². The maximum absolute atomic E-state index is 13.9. The van der Waals surface area contributed by atoms with Crippen LogP contribution < -0.4 is 0 Å². The van der Waals surface area contributed by atoms with E-state index in [9.17, 15) is 14.0 Å². The lowest BCUT2D eigenvalue weighted by molar-refractivity contribution is -0.149. The van der Waals surface area contributed by atoms with Crippen LogP contribution in [0, 0.1) is 18.2 Å². The lowest BCUT2D eigenvalue weighted by Crippen LogP contribution is -2.53. The number of carbonyl (C=O) groups excluding carboxylic acids is 2. The molecule has 0 radical (unpaired) electrons. The Hall–Kier alpha value is -2.70. The Labute approximate surface area is 182 Å². The number of aromatic amines is 1. The number of H-pyrrole nitrogens is 1. The lowest BCUT2D eigenvalue weighted by Gasteiger charge is -2.45. The van der Waals surface area contributed by atoms with Crippen LogP contribution in [0.1, 0.15) is 55.3 Å². The summed E-state index contributed by atoms with van der Waals surface area (Å²) in [5, 5.41) is 7.27. The van der Waals surface area contributed by atoms with Crippen LogP contribution in [0.4, 0.5) is 4.39 Å². The second-order valence-corrected chi connectivity index (χ2v) is 9.15. The third-order valence-electron chi connectivity index (χ3n) is 7.04. The van der Waals surface area contributed by atoms with Crippen molar-refractivity contribution in [2.45, 2.75) is 51.9 Å². The van der Waals surface area contributed by atoms with E-state index in [2.05, 4.69) is 10.2 Å². The van der Waals surface area contributed by atoms with Gasteiger partial charge in [0.2, 0.25) is 11.8 Å². The molecule has 4 rings (SSSR count). The van der Waals surface area contributed by atoms with Crippen LogP contribution in [-0.2, 0) is 16.0 Å². The summed E-state index contributed by atoms with van der Waals surface area (Å²) < 4.78 is 13.9. The standard InChI is InChI=1S/C24H31FN4O2/c1-17-15-26-27-22(17)20-6-4-10-29(16-20)23(31)24(8-11-28(12-9-24)18(2)30)14-19-5-3-7-21(25)13-19/h3,5,7,13,15,20H,4,6,8-12,14,16H2,1-2H3,(H,26,27)/t20-/m0/s1. The lowest BCUT2D eigenvalue weighted by atomic mass is 9.72. The van der Waals surface area contributed by atoms with Crippen molar-refractivity contribution in [1.29, 1.82) is 0 Å². The summed E-state index contributed by atoms with van der Waals surface area (Å²) in [5.74, 6) is 0.152. The number of piperidine rings is 2. The molecule has 1 aromatic heterocycles. The number of benzene rings is 1. The van der Waals surface area contributed by atoms with E-state index < -0.39 is 5.41 Å². The topological polar surface area (TPSA) is 69.3 Å². The maximum atomic E-state index is 13.9. The minimum Gasteiger partial charge on any atom is -0.343 e. The molecule has 3 heterocycles. The van der Waals surface area contributed by atoms with Gasteiger partial charge in [-0.1, -0.05) is 12.1 Å². The van der Waals surface area contributed by atoms with E-state index >= 15 is 0 Å². The number of likely N-dealkylation sites (tertiary alicyclic amines) is 2. The smallest absolute Gasteiger partial charge is 0.229 e. The van der Waals surface area contributed by atoms with E-state index in [1.54, 1.807) is 13.0 Å². The minimum atomic E-state index is -0.606. The minimum absolute atomic E-state index is 0.0413. The highest BCUT2D eigenvalue weighted by Crippen LogP contribution is 2.39. The van der Waals surface area contributed by atoms with Crippen molar-refractivity contribution in [3.8, 4) is 0 Å². The van der Waals surface area contributed by atoms with E-state index in [-0.39, 0.29) is 23.5 Å². The van der Waals surface area contributed by atoms with Gasteiger partial charge in [-0.2, -0.15) is 5.10 Å². The Morgan fingerprint density at radius 3 is 2.65 bits per heavy atom.